The van der Waals surface area contributed by atoms with E-state index in [1.165, 1.54) is 5.01 Å². The molecule has 0 atom stereocenters. The Labute approximate surface area is 196 Å². The first kappa shape index (κ1) is 23.8. The van der Waals surface area contributed by atoms with Crippen LogP contribution in [-0.2, 0) is 17.8 Å². The molecule has 10 heteroatoms. The predicted molar refractivity (Wildman–Crippen MR) is 132 cm³/mol. The molecule has 0 spiro atoms. The molecule has 172 valence electrons. The van der Waals surface area contributed by atoms with E-state index in [1.54, 1.807) is 62.6 Å². The van der Waals surface area contributed by atoms with Gasteiger partial charge in [-0.05, 0) is 17.7 Å². The number of nitrogen functional groups attached to an aromatic ring is 2. The maximum Gasteiger partial charge on any atom is 0.274 e. The summed E-state index contributed by atoms with van der Waals surface area (Å²) < 4.78 is 0. The standard InChI is InChI=1S/C23H26ClN7O2/c1-28-31(2)21-19(24)17(20(30-23(21)33)15-4-3-5-16(25)10-15)11-18(32)29-12-13-6-8-14(9-7-13)22(26)27/h3-10,28H,11-12,25H2,1-2H3,(H3,26,27)(H,29,32)(H,30,33). The van der Waals surface area contributed by atoms with Gasteiger partial charge in [0, 0.05) is 43.0 Å². The molecule has 0 unspecified atom stereocenters. The van der Waals surface area contributed by atoms with Gasteiger partial charge in [-0.15, -0.1) is 0 Å². The van der Waals surface area contributed by atoms with E-state index < -0.39 is 5.56 Å². The number of rotatable bonds is 8. The summed E-state index contributed by atoms with van der Waals surface area (Å²) >= 11 is 6.65. The number of hydrogen-bond acceptors (Lipinski definition) is 6. The van der Waals surface area contributed by atoms with E-state index in [-0.39, 0.29) is 35.4 Å². The van der Waals surface area contributed by atoms with Gasteiger partial charge in [0.1, 0.15) is 11.5 Å². The van der Waals surface area contributed by atoms with Crippen LogP contribution in [0.1, 0.15) is 16.7 Å². The van der Waals surface area contributed by atoms with Gasteiger partial charge in [0.15, 0.2) is 0 Å². The Morgan fingerprint density at radius 1 is 1.21 bits per heavy atom. The number of hydrogen-bond donors (Lipinski definition) is 6. The number of H-pyrrole nitrogens is 1. The summed E-state index contributed by atoms with van der Waals surface area (Å²) in [5, 5.41) is 12.0. The Bertz CT molecular complexity index is 1240. The first-order valence-electron chi connectivity index (χ1n) is 10.1. The van der Waals surface area contributed by atoms with Crippen molar-refractivity contribution in [2.75, 3.05) is 24.8 Å². The molecular weight excluding hydrogens is 442 g/mol. The number of hydrazine groups is 1. The van der Waals surface area contributed by atoms with Crippen molar-refractivity contribution < 1.29 is 4.79 Å². The van der Waals surface area contributed by atoms with E-state index in [4.69, 9.17) is 28.5 Å². The van der Waals surface area contributed by atoms with Crippen LogP contribution in [0.3, 0.4) is 0 Å². The number of halogens is 1. The number of pyridine rings is 1. The molecule has 8 N–H and O–H groups in total. The van der Waals surface area contributed by atoms with Crippen molar-refractivity contribution in [2.45, 2.75) is 13.0 Å². The third kappa shape index (κ3) is 5.51. The lowest BCUT2D eigenvalue weighted by molar-refractivity contribution is -0.120. The van der Waals surface area contributed by atoms with Gasteiger partial charge in [0.25, 0.3) is 5.56 Å². The summed E-state index contributed by atoms with van der Waals surface area (Å²) in [7, 11) is 3.32. The van der Waals surface area contributed by atoms with Gasteiger partial charge in [-0.2, -0.15) is 0 Å². The van der Waals surface area contributed by atoms with E-state index in [0.717, 1.165) is 5.56 Å². The number of nitrogens with one attached hydrogen (secondary N) is 4. The summed E-state index contributed by atoms with van der Waals surface area (Å²) in [6.45, 7) is 0.287. The molecule has 0 saturated carbocycles. The lowest BCUT2D eigenvalue weighted by atomic mass is 10.0. The number of carbonyl (C=O) groups excluding carboxylic acids is 1. The summed E-state index contributed by atoms with van der Waals surface area (Å²) in [6, 6.07) is 14.0. The van der Waals surface area contributed by atoms with Crippen molar-refractivity contribution in [3.63, 3.8) is 0 Å². The van der Waals surface area contributed by atoms with E-state index >= 15 is 0 Å². The molecule has 0 aliphatic carbocycles. The maximum atomic E-state index is 12.8. The Morgan fingerprint density at radius 2 is 1.91 bits per heavy atom. The highest BCUT2D eigenvalue weighted by Gasteiger charge is 2.21. The van der Waals surface area contributed by atoms with Crippen LogP contribution in [0, 0.1) is 5.41 Å². The molecule has 1 aromatic heterocycles. The number of carbonyl (C=O) groups is 1. The summed E-state index contributed by atoms with van der Waals surface area (Å²) in [4.78, 5) is 28.4. The van der Waals surface area contributed by atoms with E-state index in [9.17, 15) is 9.59 Å². The maximum absolute atomic E-state index is 12.8. The molecule has 3 aromatic rings. The molecule has 2 aromatic carbocycles. The second-order valence-corrected chi connectivity index (χ2v) is 7.82. The van der Waals surface area contributed by atoms with Crippen LogP contribution in [-0.4, -0.2) is 30.8 Å². The van der Waals surface area contributed by atoms with Gasteiger partial charge in [0.2, 0.25) is 5.91 Å². The zero-order chi connectivity index (χ0) is 24.1. The number of aromatic nitrogens is 1. The normalized spacial score (nSPS) is 10.6. The highest BCUT2D eigenvalue weighted by atomic mass is 35.5. The zero-order valence-corrected chi connectivity index (χ0v) is 19.1. The fourth-order valence-electron chi connectivity index (χ4n) is 3.34. The topological polar surface area (TPSA) is 153 Å². The summed E-state index contributed by atoms with van der Waals surface area (Å²) in [5.74, 6) is -0.294. The third-order valence-electron chi connectivity index (χ3n) is 5.17. The molecule has 1 amide bonds. The van der Waals surface area contributed by atoms with Crippen LogP contribution >= 0.6 is 11.6 Å². The van der Waals surface area contributed by atoms with Crippen LogP contribution in [0.2, 0.25) is 5.02 Å². The molecule has 0 aliphatic heterocycles. The first-order valence-corrected chi connectivity index (χ1v) is 10.5. The van der Waals surface area contributed by atoms with Gasteiger partial charge in [-0.1, -0.05) is 48.0 Å². The minimum absolute atomic E-state index is 0.0188. The van der Waals surface area contributed by atoms with Gasteiger partial charge in [-0.3, -0.25) is 15.0 Å². The highest BCUT2D eigenvalue weighted by molar-refractivity contribution is 6.34. The van der Waals surface area contributed by atoms with Gasteiger partial charge in [0.05, 0.1) is 17.1 Å². The van der Waals surface area contributed by atoms with E-state index in [0.29, 0.717) is 28.1 Å². The molecule has 0 fully saturated rings. The lowest BCUT2D eigenvalue weighted by Crippen LogP contribution is -2.36. The van der Waals surface area contributed by atoms with Gasteiger partial charge in [-0.25, -0.2) is 5.43 Å². The number of anilines is 2. The Morgan fingerprint density at radius 3 is 2.52 bits per heavy atom. The average molecular weight is 468 g/mol. The molecule has 0 bridgehead atoms. The Hall–Kier alpha value is -3.82. The second kappa shape index (κ2) is 10.2. The third-order valence-corrected chi connectivity index (χ3v) is 5.57. The predicted octanol–water partition coefficient (Wildman–Crippen LogP) is 1.99. The summed E-state index contributed by atoms with van der Waals surface area (Å²) in [6.07, 6.45) is -0.0597. The van der Waals surface area contributed by atoms with E-state index in [1.807, 2.05) is 0 Å². The molecule has 33 heavy (non-hydrogen) atoms. The SMILES string of the molecule is CNN(C)c1c(Cl)c(CC(=O)NCc2ccc(C(=N)N)cc2)c(-c2cccc(N)c2)[nH]c1=O. The zero-order valence-electron chi connectivity index (χ0n) is 18.3. The monoisotopic (exact) mass is 467 g/mol. The lowest BCUT2D eigenvalue weighted by Gasteiger charge is -2.21. The molecule has 0 radical (unpaired) electrons. The van der Waals surface area contributed by atoms with Crippen molar-refractivity contribution >= 4 is 34.7 Å². The Kier molecular flexibility index (Phi) is 7.37. The number of amidine groups is 1. The first-order chi connectivity index (χ1) is 15.7. The number of nitrogens with two attached hydrogens (primary N) is 2. The quantitative estimate of drug-likeness (QED) is 0.129. The number of benzene rings is 2. The second-order valence-electron chi connectivity index (χ2n) is 7.44. The van der Waals surface area contributed by atoms with Gasteiger partial charge < -0.3 is 26.8 Å². The molecule has 0 saturated heterocycles. The minimum atomic E-state index is -0.399. The summed E-state index contributed by atoms with van der Waals surface area (Å²) in [5.41, 5.74) is 17.6. The number of amides is 1. The number of nitrogens with zero attached hydrogens (tertiary/aromatic N) is 1. The smallest absolute Gasteiger partial charge is 0.274 e. The molecule has 9 nitrogen and oxygen atoms in total. The fraction of sp³-hybridized carbons (Fsp3) is 0.174. The average Bonchev–Trinajstić information content (AvgIpc) is 2.79. The van der Waals surface area contributed by atoms with Crippen molar-refractivity contribution in [2.24, 2.45) is 5.73 Å². The molecular formula is C23H26ClN7O2. The van der Waals surface area contributed by atoms with Crippen molar-refractivity contribution in [1.82, 2.24) is 15.7 Å². The van der Waals surface area contributed by atoms with Crippen LogP contribution in [0.25, 0.3) is 11.3 Å². The molecule has 1 heterocycles. The Balaban J connectivity index is 1.91. The fourth-order valence-corrected chi connectivity index (χ4v) is 3.72. The van der Waals surface area contributed by atoms with Crippen molar-refractivity contribution in [1.29, 1.82) is 5.41 Å². The largest absolute Gasteiger partial charge is 0.399 e. The molecule has 0 aliphatic rings. The van der Waals surface area contributed by atoms with Crippen LogP contribution in [0.5, 0.6) is 0 Å². The van der Waals surface area contributed by atoms with Gasteiger partial charge >= 0.3 is 0 Å². The van der Waals surface area contributed by atoms with Crippen LogP contribution < -0.4 is 32.8 Å². The molecule has 3 rings (SSSR count). The highest BCUT2D eigenvalue weighted by Crippen LogP contribution is 2.32. The van der Waals surface area contributed by atoms with Crippen molar-refractivity contribution in [3.8, 4) is 11.3 Å². The number of aromatic amines is 1. The van der Waals surface area contributed by atoms with Crippen molar-refractivity contribution in [3.05, 3.63) is 80.6 Å². The van der Waals surface area contributed by atoms with Crippen LogP contribution in [0.4, 0.5) is 11.4 Å². The minimum Gasteiger partial charge on any atom is -0.399 e. The van der Waals surface area contributed by atoms with E-state index in [2.05, 4.69) is 15.7 Å². The van der Waals surface area contributed by atoms with Crippen LogP contribution in [0.15, 0.2) is 53.3 Å².